The van der Waals surface area contributed by atoms with Crippen LogP contribution in [0.5, 0.6) is 0 Å². The number of carbonyl (C=O) groups excluding carboxylic acids is 1. The number of alkyl halides is 3. The molecule has 2 atom stereocenters. The molecule has 0 radical (unpaired) electrons. The maximum atomic E-state index is 13.2. The molecule has 0 N–H and O–H groups in total. The van der Waals surface area contributed by atoms with E-state index in [1.54, 1.807) is 0 Å². The van der Waals surface area contributed by atoms with E-state index in [2.05, 4.69) is 6.92 Å². The lowest BCUT2D eigenvalue weighted by Gasteiger charge is -2.32. The zero-order valence-electron chi connectivity index (χ0n) is 11.2. The average molecular weight is 278 g/mol. The SMILES string of the molecule is CC1CCC(C(=O)OC2CC(F)C(F)C(F)C2)CC1. The molecule has 2 aliphatic carbocycles. The first-order chi connectivity index (χ1) is 8.97. The van der Waals surface area contributed by atoms with Gasteiger partial charge in [0, 0.05) is 12.8 Å². The molecule has 0 heterocycles. The maximum absolute atomic E-state index is 13.2. The summed E-state index contributed by atoms with van der Waals surface area (Å²) in [4.78, 5) is 11.9. The van der Waals surface area contributed by atoms with Crippen LogP contribution >= 0.6 is 0 Å². The van der Waals surface area contributed by atoms with Crippen LogP contribution < -0.4 is 0 Å². The lowest BCUT2D eigenvalue weighted by molar-refractivity contribution is -0.161. The maximum Gasteiger partial charge on any atom is 0.309 e. The number of esters is 1. The highest BCUT2D eigenvalue weighted by molar-refractivity contribution is 5.72. The van der Waals surface area contributed by atoms with Gasteiger partial charge in [0.25, 0.3) is 0 Å². The predicted octanol–water partition coefficient (Wildman–Crippen LogP) is 3.53. The molecule has 0 aromatic heterocycles. The molecule has 2 fully saturated rings. The van der Waals surface area contributed by atoms with E-state index in [0.717, 1.165) is 25.7 Å². The molecule has 0 aromatic carbocycles. The Balaban J connectivity index is 1.82. The van der Waals surface area contributed by atoms with Crippen LogP contribution in [0, 0.1) is 11.8 Å². The Hall–Kier alpha value is -0.740. The number of rotatable bonds is 2. The summed E-state index contributed by atoms with van der Waals surface area (Å²) in [5.74, 6) is 0.0977. The number of ether oxygens (including phenoxy) is 1. The van der Waals surface area contributed by atoms with E-state index in [-0.39, 0.29) is 24.7 Å². The van der Waals surface area contributed by atoms with Crippen LogP contribution in [0.4, 0.5) is 13.2 Å². The Morgan fingerprint density at radius 2 is 1.53 bits per heavy atom. The monoisotopic (exact) mass is 278 g/mol. The van der Waals surface area contributed by atoms with Gasteiger partial charge in [-0.1, -0.05) is 6.92 Å². The average Bonchev–Trinajstić information content (AvgIpc) is 2.36. The third-order valence-electron chi connectivity index (χ3n) is 4.30. The van der Waals surface area contributed by atoms with E-state index < -0.39 is 24.6 Å². The van der Waals surface area contributed by atoms with Crippen LogP contribution in [0.25, 0.3) is 0 Å². The molecule has 2 nitrogen and oxygen atoms in total. The van der Waals surface area contributed by atoms with Gasteiger partial charge < -0.3 is 4.74 Å². The van der Waals surface area contributed by atoms with Crippen molar-refractivity contribution >= 4 is 5.97 Å². The molecule has 0 aliphatic heterocycles. The molecular weight excluding hydrogens is 257 g/mol. The zero-order valence-corrected chi connectivity index (χ0v) is 11.2. The summed E-state index contributed by atoms with van der Waals surface area (Å²) in [7, 11) is 0. The molecule has 5 heteroatoms. The van der Waals surface area contributed by atoms with Crippen molar-refractivity contribution < 1.29 is 22.7 Å². The zero-order chi connectivity index (χ0) is 14.0. The highest BCUT2D eigenvalue weighted by atomic mass is 19.2. The molecule has 0 spiro atoms. The van der Waals surface area contributed by atoms with Gasteiger partial charge in [-0.25, -0.2) is 13.2 Å². The van der Waals surface area contributed by atoms with E-state index in [9.17, 15) is 18.0 Å². The molecular formula is C14H21F3O2. The summed E-state index contributed by atoms with van der Waals surface area (Å²) in [6, 6.07) is 0. The van der Waals surface area contributed by atoms with Gasteiger partial charge in [0.05, 0.1) is 5.92 Å². The first-order valence-corrected chi connectivity index (χ1v) is 7.10. The van der Waals surface area contributed by atoms with Crippen molar-refractivity contribution in [3.8, 4) is 0 Å². The first kappa shape index (κ1) is 14.7. The van der Waals surface area contributed by atoms with Crippen molar-refractivity contribution in [3.05, 3.63) is 0 Å². The lowest BCUT2D eigenvalue weighted by atomic mass is 9.83. The van der Waals surface area contributed by atoms with Crippen LogP contribution in [-0.4, -0.2) is 30.6 Å². The minimum Gasteiger partial charge on any atom is -0.462 e. The standard InChI is InChI=1S/C14H21F3O2/c1-8-2-4-9(5-3-8)14(18)19-10-6-11(15)13(17)12(16)7-10/h8-13H,2-7H2,1H3. The number of hydrogen-bond donors (Lipinski definition) is 0. The van der Waals surface area contributed by atoms with Crippen molar-refractivity contribution in [1.82, 2.24) is 0 Å². The Bertz CT molecular complexity index is 304. The molecule has 0 saturated heterocycles. The van der Waals surface area contributed by atoms with E-state index in [1.807, 2.05) is 0 Å². The summed E-state index contributed by atoms with van der Waals surface area (Å²) in [6.07, 6.45) is -3.57. The molecule has 110 valence electrons. The highest BCUT2D eigenvalue weighted by Crippen LogP contribution is 2.32. The molecule has 0 amide bonds. The van der Waals surface area contributed by atoms with Gasteiger partial charge in [0.15, 0.2) is 6.17 Å². The second kappa shape index (κ2) is 6.14. The van der Waals surface area contributed by atoms with Crippen LogP contribution in [-0.2, 0) is 9.53 Å². The summed E-state index contributed by atoms with van der Waals surface area (Å²) in [5, 5.41) is 0. The molecule has 0 bridgehead atoms. The topological polar surface area (TPSA) is 26.3 Å². The molecule has 2 rings (SSSR count). The van der Waals surface area contributed by atoms with Crippen molar-refractivity contribution in [2.45, 2.75) is 70.1 Å². The summed E-state index contributed by atoms with van der Waals surface area (Å²) < 4.78 is 44.6. The summed E-state index contributed by atoms with van der Waals surface area (Å²) >= 11 is 0. The van der Waals surface area contributed by atoms with Crippen LogP contribution in [0.1, 0.15) is 45.4 Å². The quantitative estimate of drug-likeness (QED) is 0.722. The molecule has 0 aromatic rings. The lowest BCUT2D eigenvalue weighted by Crippen LogP contribution is -2.42. The highest BCUT2D eigenvalue weighted by Gasteiger charge is 2.41. The Kier molecular flexibility index (Phi) is 4.74. The normalized spacial score (nSPS) is 43.8. The van der Waals surface area contributed by atoms with Crippen LogP contribution in [0.3, 0.4) is 0 Å². The number of carbonyl (C=O) groups is 1. The Morgan fingerprint density at radius 1 is 1.00 bits per heavy atom. The van der Waals surface area contributed by atoms with Gasteiger partial charge in [0.2, 0.25) is 0 Å². The largest absolute Gasteiger partial charge is 0.462 e. The summed E-state index contributed by atoms with van der Waals surface area (Å²) in [5.41, 5.74) is 0. The van der Waals surface area contributed by atoms with Gasteiger partial charge in [-0.3, -0.25) is 4.79 Å². The second-order valence-corrected chi connectivity index (χ2v) is 5.96. The van der Waals surface area contributed by atoms with Crippen molar-refractivity contribution in [2.75, 3.05) is 0 Å². The van der Waals surface area contributed by atoms with Crippen molar-refractivity contribution in [3.63, 3.8) is 0 Å². The first-order valence-electron chi connectivity index (χ1n) is 7.10. The van der Waals surface area contributed by atoms with Gasteiger partial charge in [0.1, 0.15) is 18.4 Å². The van der Waals surface area contributed by atoms with E-state index in [0.29, 0.717) is 5.92 Å². The minimum absolute atomic E-state index is 0.157. The smallest absolute Gasteiger partial charge is 0.309 e. The molecule has 2 unspecified atom stereocenters. The third kappa shape index (κ3) is 3.63. The fourth-order valence-corrected chi connectivity index (χ4v) is 2.94. The van der Waals surface area contributed by atoms with Gasteiger partial charge in [-0.2, -0.15) is 0 Å². The predicted molar refractivity (Wildman–Crippen MR) is 64.9 cm³/mol. The van der Waals surface area contributed by atoms with Crippen molar-refractivity contribution in [2.24, 2.45) is 11.8 Å². The van der Waals surface area contributed by atoms with Crippen LogP contribution in [0.15, 0.2) is 0 Å². The van der Waals surface area contributed by atoms with Crippen molar-refractivity contribution in [1.29, 1.82) is 0 Å². The third-order valence-corrected chi connectivity index (χ3v) is 4.30. The second-order valence-electron chi connectivity index (χ2n) is 5.96. The Morgan fingerprint density at radius 3 is 2.05 bits per heavy atom. The Labute approximate surface area is 111 Å². The number of halogens is 3. The summed E-state index contributed by atoms with van der Waals surface area (Å²) in [6.45, 7) is 2.14. The minimum atomic E-state index is -2.08. The van der Waals surface area contributed by atoms with Gasteiger partial charge in [-0.15, -0.1) is 0 Å². The molecule has 19 heavy (non-hydrogen) atoms. The van der Waals surface area contributed by atoms with E-state index in [4.69, 9.17) is 4.74 Å². The fraction of sp³-hybridized carbons (Fsp3) is 0.929. The molecule has 2 aliphatic rings. The number of hydrogen-bond acceptors (Lipinski definition) is 2. The van der Waals surface area contributed by atoms with E-state index in [1.165, 1.54) is 0 Å². The van der Waals surface area contributed by atoms with Gasteiger partial charge >= 0.3 is 5.97 Å². The van der Waals surface area contributed by atoms with E-state index >= 15 is 0 Å². The fourth-order valence-electron chi connectivity index (χ4n) is 2.94. The van der Waals surface area contributed by atoms with Gasteiger partial charge in [-0.05, 0) is 31.6 Å². The molecule has 2 saturated carbocycles. The van der Waals surface area contributed by atoms with Crippen LogP contribution in [0.2, 0.25) is 0 Å².